The van der Waals surface area contributed by atoms with Gasteiger partial charge in [0.15, 0.2) is 0 Å². The number of carbonyl (C=O) groups excluding carboxylic acids is 2. The Morgan fingerprint density at radius 2 is 2.15 bits per heavy atom. The summed E-state index contributed by atoms with van der Waals surface area (Å²) in [6.45, 7) is 0. The third kappa shape index (κ3) is 3.02. The van der Waals surface area contributed by atoms with Crippen LogP contribution in [-0.2, 0) is 14.3 Å². The summed E-state index contributed by atoms with van der Waals surface area (Å²) in [5, 5.41) is 2.57. The van der Waals surface area contributed by atoms with Crippen LogP contribution in [0.2, 0.25) is 0 Å². The van der Waals surface area contributed by atoms with E-state index in [0.29, 0.717) is 5.70 Å². The van der Waals surface area contributed by atoms with Crippen molar-refractivity contribution in [1.82, 2.24) is 5.32 Å². The molecule has 1 aliphatic carbocycles. The van der Waals surface area contributed by atoms with Gasteiger partial charge >= 0.3 is 12.1 Å². The molecule has 0 spiro atoms. The molecule has 1 fully saturated rings. The van der Waals surface area contributed by atoms with Crippen molar-refractivity contribution in [1.29, 1.82) is 0 Å². The molecule has 1 saturated heterocycles. The Labute approximate surface area is 113 Å². The van der Waals surface area contributed by atoms with Crippen LogP contribution >= 0.6 is 0 Å². The molecule has 2 unspecified atom stereocenters. The minimum Gasteiger partial charge on any atom is -0.469 e. The van der Waals surface area contributed by atoms with Gasteiger partial charge in [0.25, 0.3) is 0 Å². The molecule has 110 valence electrons. The number of carbonyl (C=O) groups is 2. The van der Waals surface area contributed by atoms with Gasteiger partial charge in [0.1, 0.15) is 0 Å². The summed E-state index contributed by atoms with van der Waals surface area (Å²) in [6, 6.07) is 0. The molecule has 0 aromatic heterocycles. The summed E-state index contributed by atoms with van der Waals surface area (Å²) in [6.07, 6.45) is -2.14. The summed E-state index contributed by atoms with van der Waals surface area (Å²) in [7, 11) is 1.21. The van der Waals surface area contributed by atoms with Gasteiger partial charge in [-0.1, -0.05) is 6.08 Å². The van der Waals surface area contributed by atoms with Crippen molar-refractivity contribution in [2.45, 2.75) is 25.4 Å². The van der Waals surface area contributed by atoms with E-state index in [1.54, 1.807) is 0 Å². The molecule has 2 rings (SSSR count). The van der Waals surface area contributed by atoms with Crippen LogP contribution in [0.4, 0.5) is 13.2 Å². The highest BCUT2D eigenvalue weighted by atomic mass is 19.4. The number of hydrogen-bond acceptors (Lipinski definition) is 3. The van der Waals surface area contributed by atoms with Gasteiger partial charge in [0, 0.05) is 23.1 Å². The van der Waals surface area contributed by atoms with E-state index < -0.39 is 29.6 Å². The van der Waals surface area contributed by atoms with Crippen LogP contribution in [0, 0.1) is 11.8 Å². The highest BCUT2D eigenvalue weighted by molar-refractivity contribution is 5.86. The summed E-state index contributed by atoms with van der Waals surface area (Å²) < 4.78 is 42.5. The normalized spacial score (nSPS) is 26.1. The van der Waals surface area contributed by atoms with Crippen LogP contribution in [0.5, 0.6) is 0 Å². The van der Waals surface area contributed by atoms with Gasteiger partial charge in [-0.2, -0.15) is 13.2 Å². The molecule has 1 heterocycles. The highest BCUT2D eigenvalue weighted by Crippen LogP contribution is 2.39. The zero-order valence-corrected chi connectivity index (χ0v) is 10.8. The molecule has 1 amide bonds. The third-order valence-electron chi connectivity index (χ3n) is 3.58. The maximum absolute atomic E-state index is 12.7. The third-order valence-corrected chi connectivity index (χ3v) is 3.58. The Morgan fingerprint density at radius 3 is 2.75 bits per heavy atom. The zero-order valence-electron chi connectivity index (χ0n) is 10.8. The van der Waals surface area contributed by atoms with Crippen molar-refractivity contribution in [3.8, 4) is 0 Å². The van der Waals surface area contributed by atoms with Crippen molar-refractivity contribution in [2.24, 2.45) is 11.8 Å². The number of esters is 1. The summed E-state index contributed by atoms with van der Waals surface area (Å²) >= 11 is 0. The van der Waals surface area contributed by atoms with Crippen LogP contribution in [0.1, 0.15) is 19.3 Å². The van der Waals surface area contributed by atoms with E-state index in [1.165, 1.54) is 13.2 Å². The van der Waals surface area contributed by atoms with E-state index in [4.69, 9.17) is 0 Å². The van der Waals surface area contributed by atoms with Crippen LogP contribution in [0.3, 0.4) is 0 Å². The monoisotopic (exact) mass is 289 g/mol. The lowest BCUT2D eigenvalue weighted by molar-refractivity contribution is -0.145. The molecule has 7 heteroatoms. The van der Waals surface area contributed by atoms with E-state index in [9.17, 15) is 22.8 Å². The number of ether oxygens (including phenoxy) is 1. The number of piperidine rings is 1. The van der Waals surface area contributed by atoms with Gasteiger partial charge in [0.05, 0.1) is 13.5 Å². The lowest BCUT2D eigenvalue weighted by Gasteiger charge is -2.33. The second-order valence-electron chi connectivity index (χ2n) is 4.91. The van der Waals surface area contributed by atoms with E-state index >= 15 is 0 Å². The number of alkyl halides is 3. The number of amides is 1. The predicted molar refractivity (Wildman–Crippen MR) is 63.2 cm³/mol. The second kappa shape index (κ2) is 5.30. The van der Waals surface area contributed by atoms with Crippen LogP contribution in [0.15, 0.2) is 23.4 Å². The number of nitrogens with one attached hydrogen (secondary N) is 1. The first kappa shape index (κ1) is 14.6. The Hall–Kier alpha value is -1.79. The Balaban J connectivity index is 2.11. The molecule has 0 aromatic carbocycles. The van der Waals surface area contributed by atoms with Crippen molar-refractivity contribution in [3.05, 3.63) is 23.4 Å². The first-order chi connectivity index (χ1) is 9.31. The zero-order chi connectivity index (χ0) is 14.9. The highest BCUT2D eigenvalue weighted by Gasteiger charge is 2.40. The first-order valence-electron chi connectivity index (χ1n) is 6.17. The van der Waals surface area contributed by atoms with Gasteiger partial charge in [-0.05, 0) is 18.9 Å². The molecular weight excluding hydrogens is 275 g/mol. The van der Waals surface area contributed by atoms with Gasteiger partial charge in [-0.25, -0.2) is 0 Å². The Bertz CT molecular complexity index is 494. The van der Waals surface area contributed by atoms with Crippen LogP contribution in [0.25, 0.3) is 0 Å². The number of hydrogen-bond donors (Lipinski definition) is 1. The van der Waals surface area contributed by atoms with Crippen LogP contribution < -0.4 is 5.32 Å². The van der Waals surface area contributed by atoms with Crippen LogP contribution in [-0.4, -0.2) is 25.2 Å². The topological polar surface area (TPSA) is 55.4 Å². The van der Waals surface area contributed by atoms with E-state index in [-0.39, 0.29) is 25.2 Å². The lowest BCUT2D eigenvalue weighted by Crippen LogP contribution is -2.42. The van der Waals surface area contributed by atoms with E-state index in [2.05, 4.69) is 10.1 Å². The fourth-order valence-electron chi connectivity index (χ4n) is 2.49. The molecule has 1 aliphatic heterocycles. The fraction of sp³-hybridized carbons (Fsp3) is 0.538. The van der Waals surface area contributed by atoms with Gasteiger partial charge in [-0.15, -0.1) is 0 Å². The minimum atomic E-state index is -4.36. The standard InChI is InChI=1S/C13H14F3NO3/c1-20-11(18)6-8-4-7-5-9(13(14,15)16)2-3-10(7)17-12(8)19/h2-3,7-8H,4-6H2,1H3,(H,17,19). The van der Waals surface area contributed by atoms with E-state index in [0.717, 1.165) is 6.08 Å². The molecule has 2 aliphatic rings. The maximum Gasteiger partial charge on any atom is 0.412 e. The average Bonchev–Trinajstić information content (AvgIpc) is 2.37. The summed E-state index contributed by atoms with van der Waals surface area (Å²) in [5.74, 6) is -1.94. The SMILES string of the molecule is COC(=O)CC1CC2CC(C(F)(F)F)=CC=C2NC1=O. The molecule has 0 bridgehead atoms. The van der Waals surface area contributed by atoms with Gasteiger partial charge in [0.2, 0.25) is 5.91 Å². The average molecular weight is 289 g/mol. The Morgan fingerprint density at radius 1 is 1.45 bits per heavy atom. The molecule has 0 radical (unpaired) electrons. The molecule has 1 N–H and O–H groups in total. The fourth-order valence-corrected chi connectivity index (χ4v) is 2.49. The molecular formula is C13H14F3NO3. The van der Waals surface area contributed by atoms with E-state index in [1.807, 2.05) is 0 Å². The number of allylic oxidation sites excluding steroid dienone is 4. The number of methoxy groups -OCH3 is 1. The lowest BCUT2D eigenvalue weighted by atomic mass is 9.79. The molecule has 4 nitrogen and oxygen atoms in total. The van der Waals surface area contributed by atoms with Gasteiger partial charge < -0.3 is 10.1 Å². The molecule has 0 saturated carbocycles. The molecule has 0 aromatic rings. The van der Waals surface area contributed by atoms with Crippen molar-refractivity contribution in [3.63, 3.8) is 0 Å². The second-order valence-corrected chi connectivity index (χ2v) is 4.91. The quantitative estimate of drug-likeness (QED) is 0.792. The van der Waals surface area contributed by atoms with Crippen molar-refractivity contribution < 1.29 is 27.5 Å². The predicted octanol–water partition coefficient (Wildman–Crippen LogP) is 2.08. The molecule has 20 heavy (non-hydrogen) atoms. The van der Waals surface area contributed by atoms with Gasteiger partial charge in [-0.3, -0.25) is 9.59 Å². The largest absolute Gasteiger partial charge is 0.469 e. The number of fused-ring (bicyclic) bond motifs is 1. The summed E-state index contributed by atoms with van der Waals surface area (Å²) in [5.41, 5.74) is -0.122. The number of halogens is 3. The summed E-state index contributed by atoms with van der Waals surface area (Å²) in [4.78, 5) is 23.0. The first-order valence-corrected chi connectivity index (χ1v) is 6.17. The smallest absolute Gasteiger partial charge is 0.412 e. The van der Waals surface area contributed by atoms with Crippen molar-refractivity contribution in [2.75, 3.05) is 7.11 Å². The Kier molecular flexibility index (Phi) is 3.87. The molecule has 2 atom stereocenters. The maximum atomic E-state index is 12.7. The number of rotatable bonds is 2. The minimum absolute atomic E-state index is 0.114. The van der Waals surface area contributed by atoms with Crippen molar-refractivity contribution >= 4 is 11.9 Å².